The fourth-order valence-electron chi connectivity index (χ4n) is 2.27. The van der Waals surface area contributed by atoms with Crippen LogP contribution in [0.25, 0.3) is 11.3 Å². The number of benzene rings is 1. The molecule has 1 aromatic carbocycles. The predicted molar refractivity (Wildman–Crippen MR) is 69.7 cm³/mol. The normalized spacial score (nSPS) is 13.3. The Morgan fingerprint density at radius 3 is 2.76 bits per heavy atom. The minimum absolute atomic E-state index is 0.904. The lowest BCUT2D eigenvalue weighted by Crippen LogP contribution is -2.31. The second-order valence-electron chi connectivity index (χ2n) is 4.12. The molecule has 0 fully saturated rings. The fraction of sp³-hybridized carbons (Fsp3) is 0.308. The molecule has 2 aromatic rings. The first-order valence-electron chi connectivity index (χ1n) is 5.71. The summed E-state index contributed by atoms with van der Waals surface area (Å²) in [5.41, 5.74) is 2.59. The number of anilines is 1. The van der Waals surface area contributed by atoms with Gasteiger partial charge in [0.2, 0.25) is 0 Å². The molecule has 88 valence electrons. The molecule has 1 aromatic heterocycles. The van der Waals surface area contributed by atoms with E-state index in [1.54, 1.807) is 7.11 Å². The van der Waals surface area contributed by atoms with Crippen LogP contribution in [-0.4, -0.2) is 13.7 Å². The third kappa shape index (κ3) is 1.69. The number of ether oxygens (including phenoxy) is 1. The molecule has 17 heavy (non-hydrogen) atoms. The van der Waals surface area contributed by atoms with Crippen LogP contribution in [-0.2, 0) is 6.54 Å². The van der Waals surface area contributed by atoms with Crippen molar-refractivity contribution in [3.63, 3.8) is 0 Å². The standard InChI is InChI=1S/C13H14N2OS/c1-9-12(15-8-7-14-13(15)17-9)10-3-5-11(16-2)6-4-10/h3-6H,7-8H2,1-2H3/p+1. The van der Waals surface area contributed by atoms with Gasteiger partial charge in [-0.1, -0.05) is 11.3 Å². The molecule has 1 N–H and O–H groups in total. The summed E-state index contributed by atoms with van der Waals surface area (Å²) in [4.78, 5) is 1.36. The number of nitrogens with zero attached hydrogens (tertiary/aromatic N) is 1. The largest absolute Gasteiger partial charge is 0.497 e. The molecule has 0 radical (unpaired) electrons. The van der Waals surface area contributed by atoms with Crippen molar-refractivity contribution in [3.05, 3.63) is 29.1 Å². The minimum atomic E-state index is 0.904. The molecule has 0 atom stereocenters. The Kier molecular flexibility index (Phi) is 2.52. The van der Waals surface area contributed by atoms with E-state index in [1.165, 1.54) is 21.3 Å². The van der Waals surface area contributed by atoms with Crippen LogP contribution in [0.1, 0.15) is 4.88 Å². The van der Waals surface area contributed by atoms with Crippen LogP contribution in [0.15, 0.2) is 24.3 Å². The van der Waals surface area contributed by atoms with Crippen LogP contribution in [0, 0.1) is 6.92 Å². The van der Waals surface area contributed by atoms with Crippen LogP contribution in [0.3, 0.4) is 0 Å². The Hall–Kier alpha value is -1.55. The molecule has 0 amide bonds. The number of hydrogen-bond acceptors (Lipinski definition) is 3. The lowest BCUT2D eigenvalue weighted by atomic mass is 10.1. The third-order valence-corrected chi connectivity index (χ3v) is 4.13. The summed E-state index contributed by atoms with van der Waals surface area (Å²) in [6.45, 7) is 4.27. The summed E-state index contributed by atoms with van der Waals surface area (Å²) in [5, 5.41) is 4.68. The summed E-state index contributed by atoms with van der Waals surface area (Å²) in [5.74, 6) is 0.904. The van der Waals surface area contributed by atoms with Crippen molar-refractivity contribution in [2.75, 3.05) is 19.0 Å². The molecule has 0 unspecified atom stereocenters. The minimum Gasteiger partial charge on any atom is -0.497 e. The lowest BCUT2D eigenvalue weighted by Gasteiger charge is -2.03. The van der Waals surface area contributed by atoms with Gasteiger partial charge in [-0.05, 0) is 31.2 Å². The number of rotatable bonds is 2. The zero-order chi connectivity index (χ0) is 11.8. The van der Waals surface area contributed by atoms with Crippen molar-refractivity contribution < 1.29 is 9.30 Å². The maximum absolute atomic E-state index is 5.19. The monoisotopic (exact) mass is 247 g/mol. The van der Waals surface area contributed by atoms with Gasteiger partial charge in [-0.2, -0.15) is 0 Å². The zero-order valence-electron chi connectivity index (χ0n) is 9.99. The SMILES string of the molecule is COc1ccc(-c2c(C)sc3[n+]2CCN3)cc1. The Balaban J connectivity index is 2.08. The van der Waals surface area contributed by atoms with Crippen molar-refractivity contribution in [3.8, 4) is 17.0 Å². The maximum atomic E-state index is 5.19. The summed E-state index contributed by atoms with van der Waals surface area (Å²) in [6.07, 6.45) is 0. The van der Waals surface area contributed by atoms with Crippen LogP contribution >= 0.6 is 11.3 Å². The highest BCUT2D eigenvalue weighted by Gasteiger charge is 2.27. The molecule has 3 rings (SSSR count). The highest BCUT2D eigenvalue weighted by molar-refractivity contribution is 7.15. The molecule has 4 heteroatoms. The Bertz CT molecular complexity index is 545. The van der Waals surface area contributed by atoms with Crippen LogP contribution in [0.4, 0.5) is 5.13 Å². The number of thiazole rings is 1. The Morgan fingerprint density at radius 2 is 2.06 bits per heavy atom. The average molecular weight is 247 g/mol. The zero-order valence-corrected chi connectivity index (χ0v) is 10.8. The molecule has 1 aliphatic rings. The Morgan fingerprint density at radius 1 is 1.29 bits per heavy atom. The van der Waals surface area contributed by atoms with Crippen molar-refractivity contribution in [2.24, 2.45) is 0 Å². The van der Waals surface area contributed by atoms with Crippen molar-refractivity contribution in [1.82, 2.24) is 0 Å². The highest BCUT2D eigenvalue weighted by atomic mass is 32.1. The van der Waals surface area contributed by atoms with Gasteiger partial charge < -0.3 is 4.74 Å². The van der Waals surface area contributed by atoms with Gasteiger partial charge in [-0.15, -0.1) is 0 Å². The van der Waals surface area contributed by atoms with Gasteiger partial charge in [-0.25, -0.2) is 4.57 Å². The van der Waals surface area contributed by atoms with E-state index in [2.05, 4.69) is 28.9 Å². The molecule has 0 bridgehead atoms. The van der Waals surface area contributed by atoms with Gasteiger partial charge in [0.05, 0.1) is 12.0 Å². The number of methoxy groups -OCH3 is 1. The van der Waals surface area contributed by atoms with Gasteiger partial charge in [0.1, 0.15) is 24.5 Å². The van der Waals surface area contributed by atoms with Gasteiger partial charge in [-0.3, -0.25) is 5.32 Å². The van der Waals surface area contributed by atoms with E-state index in [1.807, 2.05) is 23.5 Å². The molecular weight excluding hydrogens is 232 g/mol. The molecule has 0 saturated heterocycles. The lowest BCUT2D eigenvalue weighted by molar-refractivity contribution is -0.655. The number of fused-ring (bicyclic) bond motifs is 1. The van der Waals surface area contributed by atoms with E-state index in [-0.39, 0.29) is 0 Å². The van der Waals surface area contributed by atoms with Crippen LogP contribution in [0.5, 0.6) is 5.75 Å². The molecule has 3 nitrogen and oxygen atoms in total. The molecule has 2 heterocycles. The maximum Gasteiger partial charge on any atom is 0.334 e. The van der Waals surface area contributed by atoms with Gasteiger partial charge in [0, 0.05) is 5.56 Å². The van der Waals surface area contributed by atoms with Crippen LogP contribution < -0.4 is 14.6 Å². The summed E-state index contributed by atoms with van der Waals surface area (Å²) in [7, 11) is 1.70. The van der Waals surface area contributed by atoms with E-state index in [0.717, 1.165) is 18.8 Å². The summed E-state index contributed by atoms with van der Waals surface area (Å²) in [6, 6.07) is 8.28. The molecule has 0 aliphatic carbocycles. The number of nitrogens with one attached hydrogen (secondary N) is 1. The summed E-state index contributed by atoms with van der Waals surface area (Å²) >= 11 is 1.83. The molecule has 1 aliphatic heterocycles. The first-order chi connectivity index (χ1) is 8.29. The summed E-state index contributed by atoms with van der Waals surface area (Å²) < 4.78 is 7.56. The van der Waals surface area contributed by atoms with E-state index in [9.17, 15) is 0 Å². The van der Waals surface area contributed by atoms with Crippen molar-refractivity contribution >= 4 is 16.5 Å². The van der Waals surface area contributed by atoms with Crippen LogP contribution in [0.2, 0.25) is 0 Å². The number of hydrogen-bond donors (Lipinski definition) is 1. The molecular formula is C13H15N2OS+. The van der Waals surface area contributed by atoms with Gasteiger partial charge >= 0.3 is 5.13 Å². The number of aromatic nitrogens is 1. The smallest absolute Gasteiger partial charge is 0.334 e. The van der Waals surface area contributed by atoms with Gasteiger partial charge in [0.15, 0.2) is 0 Å². The second kappa shape index (κ2) is 4.04. The van der Waals surface area contributed by atoms with E-state index in [0.29, 0.717) is 0 Å². The average Bonchev–Trinajstić information content (AvgIpc) is 2.89. The van der Waals surface area contributed by atoms with E-state index in [4.69, 9.17) is 4.74 Å². The topological polar surface area (TPSA) is 25.1 Å². The predicted octanol–water partition coefficient (Wildman–Crippen LogP) is 2.45. The van der Waals surface area contributed by atoms with Crippen molar-refractivity contribution in [2.45, 2.75) is 13.5 Å². The number of aryl methyl sites for hydroxylation is 1. The van der Waals surface area contributed by atoms with Gasteiger partial charge in [0.25, 0.3) is 0 Å². The first kappa shape index (κ1) is 10.6. The van der Waals surface area contributed by atoms with Crippen molar-refractivity contribution in [1.29, 1.82) is 0 Å². The second-order valence-corrected chi connectivity index (χ2v) is 5.32. The first-order valence-corrected chi connectivity index (χ1v) is 6.53. The fourth-order valence-corrected chi connectivity index (χ4v) is 3.35. The van der Waals surface area contributed by atoms with E-state index >= 15 is 0 Å². The quantitative estimate of drug-likeness (QED) is 0.825. The van der Waals surface area contributed by atoms with E-state index < -0.39 is 0 Å². The highest BCUT2D eigenvalue weighted by Crippen LogP contribution is 2.31. The third-order valence-electron chi connectivity index (χ3n) is 3.07. The Labute approximate surface area is 105 Å². The molecule has 0 saturated carbocycles. The molecule has 0 spiro atoms.